The Kier molecular flexibility index (Phi) is 9.79. The summed E-state index contributed by atoms with van der Waals surface area (Å²) in [7, 11) is -3.78. The molecule has 1 atom stereocenters. The molecule has 34 heavy (non-hydrogen) atoms. The molecule has 0 saturated carbocycles. The molecule has 10 heteroatoms. The maximum atomic E-state index is 13.6. The highest BCUT2D eigenvalue weighted by molar-refractivity contribution is 7.92. The van der Waals surface area contributed by atoms with Gasteiger partial charge in [0.05, 0.1) is 22.0 Å². The van der Waals surface area contributed by atoms with Gasteiger partial charge in [0.2, 0.25) is 21.8 Å². The lowest BCUT2D eigenvalue weighted by Gasteiger charge is -2.33. The van der Waals surface area contributed by atoms with Crippen LogP contribution in [0.2, 0.25) is 10.0 Å². The first kappa shape index (κ1) is 28.0. The zero-order valence-electron chi connectivity index (χ0n) is 20.1. The molecule has 186 valence electrons. The van der Waals surface area contributed by atoms with Gasteiger partial charge in [0.15, 0.2) is 0 Å². The van der Waals surface area contributed by atoms with E-state index in [1.807, 2.05) is 19.9 Å². The summed E-state index contributed by atoms with van der Waals surface area (Å²) in [5, 5.41) is 3.45. The topological polar surface area (TPSA) is 86.8 Å². The van der Waals surface area contributed by atoms with Crippen molar-refractivity contribution in [2.45, 2.75) is 46.7 Å². The van der Waals surface area contributed by atoms with E-state index in [9.17, 15) is 18.0 Å². The van der Waals surface area contributed by atoms with E-state index in [0.717, 1.165) is 21.7 Å². The summed E-state index contributed by atoms with van der Waals surface area (Å²) < 4.78 is 26.4. The van der Waals surface area contributed by atoms with E-state index in [0.29, 0.717) is 34.3 Å². The number of hydrogen-bond donors (Lipinski definition) is 1. The Hall–Kier alpha value is -2.29. The van der Waals surface area contributed by atoms with Crippen molar-refractivity contribution in [2.75, 3.05) is 23.7 Å². The SMILES string of the molecule is CCNC(=O)[C@@H](CC)N(Cc1ccc(Cl)c(Cl)c1)C(=O)CN(c1cc(C)cc(C)c1)S(C)(=O)=O. The number of hydrogen-bond acceptors (Lipinski definition) is 4. The fourth-order valence-corrected chi connectivity index (χ4v) is 4.91. The summed E-state index contributed by atoms with van der Waals surface area (Å²) in [6.07, 6.45) is 1.41. The van der Waals surface area contributed by atoms with Gasteiger partial charge in [0.1, 0.15) is 12.6 Å². The molecular formula is C24H31Cl2N3O4S. The summed E-state index contributed by atoms with van der Waals surface area (Å²) in [5.41, 5.74) is 2.81. The molecule has 2 rings (SSSR count). The highest BCUT2D eigenvalue weighted by Crippen LogP contribution is 2.25. The minimum Gasteiger partial charge on any atom is -0.355 e. The van der Waals surface area contributed by atoms with Crippen LogP contribution in [-0.2, 0) is 26.2 Å². The van der Waals surface area contributed by atoms with Gasteiger partial charge in [-0.3, -0.25) is 13.9 Å². The molecule has 0 saturated heterocycles. The van der Waals surface area contributed by atoms with Crippen molar-refractivity contribution in [3.05, 3.63) is 63.1 Å². The van der Waals surface area contributed by atoms with Crippen molar-refractivity contribution in [3.63, 3.8) is 0 Å². The smallest absolute Gasteiger partial charge is 0.244 e. The minimum atomic E-state index is -3.78. The van der Waals surface area contributed by atoms with Gasteiger partial charge in [-0.25, -0.2) is 8.42 Å². The van der Waals surface area contributed by atoms with Crippen molar-refractivity contribution in [2.24, 2.45) is 0 Å². The van der Waals surface area contributed by atoms with E-state index < -0.39 is 28.5 Å². The van der Waals surface area contributed by atoms with Gasteiger partial charge >= 0.3 is 0 Å². The molecule has 0 heterocycles. The Morgan fingerprint density at radius 3 is 2.12 bits per heavy atom. The number of nitrogens with one attached hydrogen (secondary N) is 1. The molecule has 0 unspecified atom stereocenters. The lowest BCUT2D eigenvalue weighted by atomic mass is 10.1. The molecular weight excluding hydrogens is 497 g/mol. The molecule has 0 spiro atoms. The number of anilines is 1. The van der Waals surface area contributed by atoms with E-state index in [1.165, 1.54) is 4.90 Å². The first-order valence-electron chi connectivity index (χ1n) is 10.9. The number of carbonyl (C=O) groups excluding carboxylic acids is 2. The number of rotatable bonds is 10. The lowest BCUT2D eigenvalue weighted by Crippen LogP contribution is -2.52. The Morgan fingerprint density at radius 1 is 1.00 bits per heavy atom. The van der Waals surface area contributed by atoms with Crippen molar-refractivity contribution in [1.82, 2.24) is 10.2 Å². The fraction of sp³-hybridized carbons (Fsp3) is 0.417. The van der Waals surface area contributed by atoms with Crippen LogP contribution in [-0.4, -0.2) is 50.5 Å². The molecule has 0 fully saturated rings. The second-order valence-electron chi connectivity index (χ2n) is 8.20. The van der Waals surface area contributed by atoms with Crippen molar-refractivity contribution in [3.8, 4) is 0 Å². The number of nitrogens with zero attached hydrogens (tertiary/aromatic N) is 2. The molecule has 0 aromatic heterocycles. The lowest BCUT2D eigenvalue weighted by molar-refractivity contribution is -0.140. The number of likely N-dealkylation sites (N-methyl/N-ethyl adjacent to an activating group) is 1. The van der Waals surface area contributed by atoms with E-state index in [4.69, 9.17) is 23.2 Å². The van der Waals surface area contributed by atoms with E-state index in [-0.39, 0.29) is 12.5 Å². The number of carbonyl (C=O) groups is 2. The van der Waals surface area contributed by atoms with E-state index >= 15 is 0 Å². The van der Waals surface area contributed by atoms with Crippen molar-refractivity contribution >= 4 is 50.7 Å². The van der Waals surface area contributed by atoms with Crippen molar-refractivity contribution in [1.29, 1.82) is 0 Å². The molecule has 0 bridgehead atoms. The molecule has 0 aliphatic heterocycles. The standard InChI is InChI=1S/C24H31Cl2N3O4S/c1-6-22(24(31)27-7-2)28(14-18-8-9-20(25)21(26)13-18)23(30)15-29(34(5,32)33)19-11-16(3)10-17(4)12-19/h8-13,22H,6-7,14-15H2,1-5H3,(H,27,31)/t22-/m1/s1. The Labute approximate surface area is 212 Å². The van der Waals surface area contributed by atoms with Crippen LogP contribution >= 0.6 is 23.2 Å². The second-order valence-corrected chi connectivity index (χ2v) is 10.9. The molecule has 2 amide bonds. The average Bonchev–Trinajstić information content (AvgIpc) is 2.72. The zero-order valence-corrected chi connectivity index (χ0v) is 22.4. The second kappa shape index (κ2) is 11.9. The highest BCUT2D eigenvalue weighted by Gasteiger charge is 2.31. The number of sulfonamides is 1. The predicted octanol–water partition coefficient (Wildman–Crippen LogP) is 4.32. The maximum absolute atomic E-state index is 13.6. The Bertz CT molecular complexity index is 1130. The highest BCUT2D eigenvalue weighted by atomic mass is 35.5. The van der Waals surface area contributed by atoms with E-state index in [1.54, 1.807) is 44.2 Å². The Morgan fingerprint density at radius 2 is 1.62 bits per heavy atom. The van der Waals surface area contributed by atoms with Crippen LogP contribution in [0.4, 0.5) is 5.69 Å². The summed E-state index contributed by atoms with van der Waals surface area (Å²) in [6, 6.07) is 9.53. The molecule has 0 aliphatic rings. The third kappa shape index (κ3) is 7.35. The maximum Gasteiger partial charge on any atom is 0.244 e. The number of amides is 2. The monoisotopic (exact) mass is 527 g/mol. The van der Waals surface area contributed by atoms with Crippen LogP contribution in [0.1, 0.15) is 37.0 Å². The van der Waals surface area contributed by atoms with Gasteiger partial charge in [0.25, 0.3) is 0 Å². The third-order valence-corrected chi connectivity index (χ3v) is 7.13. The molecule has 7 nitrogen and oxygen atoms in total. The largest absolute Gasteiger partial charge is 0.355 e. The first-order chi connectivity index (χ1) is 15.9. The quantitative estimate of drug-likeness (QED) is 0.498. The normalized spacial score (nSPS) is 12.2. The minimum absolute atomic E-state index is 0.0653. The van der Waals surface area contributed by atoms with Gasteiger partial charge in [-0.05, 0) is 68.1 Å². The Balaban J connectivity index is 2.48. The van der Waals surface area contributed by atoms with Crippen LogP contribution in [0.3, 0.4) is 0 Å². The third-order valence-electron chi connectivity index (χ3n) is 5.25. The zero-order chi connectivity index (χ0) is 25.6. The molecule has 1 N–H and O–H groups in total. The van der Waals surface area contributed by atoms with Gasteiger partial charge < -0.3 is 10.2 Å². The number of aryl methyl sites for hydroxylation is 2. The van der Waals surface area contributed by atoms with Gasteiger partial charge in [-0.15, -0.1) is 0 Å². The molecule has 2 aromatic carbocycles. The van der Waals surface area contributed by atoms with Gasteiger partial charge in [-0.2, -0.15) is 0 Å². The average molecular weight is 529 g/mol. The fourth-order valence-electron chi connectivity index (χ4n) is 3.75. The molecule has 2 aromatic rings. The summed E-state index contributed by atoms with van der Waals surface area (Å²) in [5.74, 6) is -0.815. The van der Waals surface area contributed by atoms with Gasteiger partial charge in [0, 0.05) is 13.1 Å². The van der Waals surface area contributed by atoms with Gasteiger partial charge in [-0.1, -0.05) is 42.3 Å². The van der Waals surface area contributed by atoms with Crippen LogP contribution in [0.25, 0.3) is 0 Å². The summed E-state index contributed by atoms with van der Waals surface area (Å²) >= 11 is 12.2. The van der Waals surface area contributed by atoms with Crippen LogP contribution < -0.4 is 9.62 Å². The molecule has 0 radical (unpaired) electrons. The number of halogens is 2. The number of benzene rings is 2. The molecule has 0 aliphatic carbocycles. The predicted molar refractivity (Wildman–Crippen MR) is 138 cm³/mol. The van der Waals surface area contributed by atoms with Crippen molar-refractivity contribution < 1.29 is 18.0 Å². The van der Waals surface area contributed by atoms with E-state index in [2.05, 4.69) is 5.32 Å². The van der Waals surface area contributed by atoms with Crippen LogP contribution in [0.5, 0.6) is 0 Å². The van der Waals surface area contributed by atoms with Crippen LogP contribution in [0.15, 0.2) is 36.4 Å². The van der Waals surface area contributed by atoms with Crippen LogP contribution in [0, 0.1) is 13.8 Å². The summed E-state index contributed by atoms with van der Waals surface area (Å²) in [4.78, 5) is 27.8. The first-order valence-corrected chi connectivity index (χ1v) is 13.5. The summed E-state index contributed by atoms with van der Waals surface area (Å²) in [6.45, 7) is 7.33.